The Morgan fingerprint density at radius 1 is 1.42 bits per heavy atom. The van der Waals surface area contributed by atoms with E-state index >= 15 is 0 Å². The molecule has 0 radical (unpaired) electrons. The van der Waals surface area contributed by atoms with Crippen molar-refractivity contribution in [2.24, 2.45) is 0 Å². The van der Waals surface area contributed by atoms with Crippen LogP contribution in [0.1, 0.15) is 12.0 Å². The van der Waals surface area contributed by atoms with E-state index < -0.39 is 30.8 Å². The van der Waals surface area contributed by atoms with Gasteiger partial charge in [-0.15, -0.1) is 0 Å². The average Bonchev–Trinajstić information content (AvgIpc) is 2.91. The van der Waals surface area contributed by atoms with E-state index in [0.717, 1.165) is 5.56 Å². The maximum absolute atomic E-state index is 13.2. The first kappa shape index (κ1) is 16.3. The van der Waals surface area contributed by atoms with Crippen LogP contribution < -0.4 is 15.4 Å². The van der Waals surface area contributed by atoms with Gasteiger partial charge in [0.2, 0.25) is 5.91 Å². The van der Waals surface area contributed by atoms with Crippen molar-refractivity contribution in [3.8, 4) is 11.5 Å². The highest BCUT2D eigenvalue weighted by Crippen LogP contribution is 2.28. The van der Waals surface area contributed by atoms with E-state index in [1.54, 1.807) is 42.7 Å². The Morgan fingerprint density at radius 3 is 2.88 bits per heavy atom. The third-order valence-corrected chi connectivity index (χ3v) is 3.73. The topological polar surface area (TPSA) is 63.2 Å². The summed E-state index contributed by atoms with van der Waals surface area (Å²) < 4.78 is 32.0. The number of halogens is 2. The molecule has 0 spiro atoms. The summed E-state index contributed by atoms with van der Waals surface area (Å²) >= 11 is 0. The molecule has 3 rings (SSSR count). The van der Waals surface area contributed by atoms with Gasteiger partial charge >= 0.3 is 0 Å². The Morgan fingerprint density at radius 2 is 2.25 bits per heavy atom. The summed E-state index contributed by atoms with van der Waals surface area (Å²) in [5.74, 6) is -2.06. The number of aryl methyl sites for hydroxylation is 1. The van der Waals surface area contributed by atoms with Gasteiger partial charge in [0, 0.05) is 18.3 Å². The fraction of sp³-hybridized carbons (Fsp3) is 0.294. The molecule has 7 heteroatoms. The van der Waals surface area contributed by atoms with E-state index in [1.807, 2.05) is 6.92 Å². The van der Waals surface area contributed by atoms with Crippen LogP contribution >= 0.6 is 0 Å². The zero-order chi connectivity index (χ0) is 17.2. The highest BCUT2D eigenvalue weighted by Gasteiger charge is 2.42. The second-order valence-corrected chi connectivity index (χ2v) is 5.75. The number of carbonyl (C=O) groups excluding carboxylic acids is 1. The van der Waals surface area contributed by atoms with Crippen molar-refractivity contribution in [3.05, 3.63) is 48.3 Å². The maximum Gasteiger partial charge on any atom is 0.262 e. The van der Waals surface area contributed by atoms with Crippen LogP contribution in [0, 0.1) is 6.92 Å². The van der Waals surface area contributed by atoms with Crippen LogP contribution in [0.25, 0.3) is 0 Å². The minimum atomic E-state index is -2.83. The molecular formula is C17H17F2N3O2. The first-order chi connectivity index (χ1) is 11.4. The van der Waals surface area contributed by atoms with E-state index in [9.17, 15) is 13.6 Å². The average molecular weight is 333 g/mol. The van der Waals surface area contributed by atoms with Gasteiger partial charge in [-0.05, 0) is 42.8 Å². The number of hydrogen-bond acceptors (Lipinski definition) is 4. The highest BCUT2D eigenvalue weighted by molar-refractivity contribution is 5.95. The predicted octanol–water partition coefficient (Wildman–Crippen LogP) is 3.12. The molecule has 1 aromatic heterocycles. The molecular weight excluding hydrogens is 316 g/mol. The molecule has 1 aliphatic heterocycles. The van der Waals surface area contributed by atoms with Crippen LogP contribution in [0.5, 0.6) is 11.5 Å². The molecule has 1 unspecified atom stereocenters. The number of hydrogen-bond donors (Lipinski definition) is 2. The lowest BCUT2D eigenvalue weighted by Gasteiger charge is -2.13. The molecule has 1 atom stereocenters. The van der Waals surface area contributed by atoms with Crippen LogP contribution in [0.3, 0.4) is 0 Å². The van der Waals surface area contributed by atoms with E-state index in [-0.39, 0.29) is 0 Å². The summed E-state index contributed by atoms with van der Waals surface area (Å²) in [6, 6.07) is 7.79. The van der Waals surface area contributed by atoms with Crippen molar-refractivity contribution in [2.45, 2.75) is 25.3 Å². The van der Waals surface area contributed by atoms with Crippen molar-refractivity contribution >= 4 is 11.6 Å². The van der Waals surface area contributed by atoms with Gasteiger partial charge in [0.25, 0.3) is 5.92 Å². The summed E-state index contributed by atoms with van der Waals surface area (Å²) in [6.07, 6.45) is 2.76. The van der Waals surface area contributed by atoms with Crippen molar-refractivity contribution < 1.29 is 18.3 Å². The number of carbonyl (C=O) groups is 1. The third-order valence-electron chi connectivity index (χ3n) is 3.73. The summed E-state index contributed by atoms with van der Waals surface area (Å²) in [4.78, 5) is 16.0. The predicted molar refractivity (Wildman–Crippen MR) is 85.5 cm³/mol. The molecule has 2 heterocycles. The molecule has 0 bridgehead atoms. The lowest BCUT2D eigenvalue weighted by atomic mass is 10.1. The number of amides is 1. The van der Waals surface area contributed by atoms with E-state index in [2.05, 4.69) is 15.6 Å². The van der Waals surface area contributed by atoms with Gasteiger partial charge in [-0.3, -0.25) is 15.1 Å². The van der Waals surface area contributed by atoms with Crippen LogP contribution in [0.2, 0.25) is 0 Å². The molecule has 0 saturated carbocycles. The van der Waals surface area contributed by atoms with Crippen molar-refractivity contribution in [3.63, 3.8) is 0 Å². The molecule has 1 aliphatic rings. The summed E-state index contributed by atoms with van der Waals surface area (Å²) in [6.45, 7) is 1.37. The van der Waals surface area contributed by atoms with Crippen LogP contribution in [0.4, 0.5) is 14.5 Å². The number of nitrogens with zero attached hydrogens (tertiary/aromatic N) is 1. The number of pyridine rings is 1. The zero-order valence-corrected chi connectivity index (χ0v) is 13.1. The largest absolute Gasteiger partial charge is 0.455 e. The standard InChI is InChI=1S/C17H17F2N3O2/c1-11-7-12(22-16(23)14-8-17(18,19)10-21-14)4-5-15(11)24-13-3-2-6-20-9-13/h2-7,9,14,21H,8,10H2,1H3,(H,22,23). The molecule has 5 nitrogen and oxygen atoms in total. The van der Waals surface area contributed by atoms with Gasteiger partial charge < -0.3 is 10.1 Å². The highest BCUT2D eigenvalue weighted by atomic mass is 19.3. The minimum absolute atomic E-state index is 0.465. The Labute approximate surface area is 138 Å². The smallest absolute Gasteiger partial charge is 0.262 e. The Kier molecular flexibility index (Phi) is 4.44. The van der Waals surface area contributed by atoms with Crippen molar-refractivity contribution in [1.29, 1.82) is 0 Å². The van der Waals surface area contributed by atoms with Gasteiger partial charge in [-0.25, -0.2) is 8.78 Å². The van der Waals surface area contributed by atoms with E-state index in [4.69, 9.17) is 4.74 Å². The Bertz CT molecular complexity index is 738. The molecule has 24 heavy (non-hydrogen) atoms. The first-order valence-corrected chi connectivity index (χ1v) is 7.54. The second kappa shape index (κ2) is 6.52. The van der Waals surface area contributed by atoms with Crippen LogP contribution in [-0.2, 0) is 4.79 Å². The van der Waals surface area contributed by atoms with E-state index in [1.165, 1.54) is 0 Å². The van der Waals surface area contributed by atoms with Gasteiger partial charge in [0.05, 0.1) is 18.8 Å². The molecule has 1 amide bonds. The van der Waals surface area contributed by atoms with Gasteiger partial charge in [0.1, 0.15) is 11.5 Å². The lowest BCUT2D eigenvalue weighted by molar-refractivity contribution is -0.118. The van der Waals surface area contributed by atoms with Crippen molar-refractivity contribution in [2.75, 3.05) is 11.9 Å². The minimum Gasteiger partial charge on any atom is -0.455 e. The van der Waals surface area contributed by atoms with Crippen LogP contribution in [0.15, 0.2) is 42.7 Å². The monoisotopic (exact) mass is 333 g/mol. The van der Waals surface area contributed by atoms with Gasteiger partial charge in [-0.2, -0.15) is 0 Å². The molecule has 1 fully saturated rings. The number of alkyl halides is 2. The van der Waals surface area contributed by atoms with Crippen LogP contribution in [-0.4, -0.2) is 29.4 Å². The fourth-order valence-corrected chi connectivity index (χ4v) is 2.51. The third kappa shape index (κ3) is 3.86. The molecule has 126 valence electrons. The van der Waals surface area contributed by atoms with Crippen molar-refractivity contribution in [1.82, 2.24) is 10.3 Å². The Balaban J connectivity index is 1.65. The maximum atomic E-state index is 13.2. The molecule has 2 N–H and O–H groups in total. The fourth-order valence-electron chi connectivity index (χ4n) is 2.51. The molecule has 0 aliphatic carbocycles. The summed E-state index contributed by atoms with van der Waals surface area (Å²) in [7, 11) is 0. The molecule has 2 aromatic rings. The summed E-state index contributed by atoms with van der Waals surface area (Å²) in [5, 5.41) is 5.18. The van der Waals surface area contributed by atoms with E-state index in [0.29, 0.717) is 17.2 Å². The SMILES string of the molecule is Cc1cc(NC(=O)C2CC(F)(F)CN2)ccc1Oc1cccnc1. The van der Waals surface area contributed by atoms with Gasteiger partial charge in [-0.1, -0.05) is 0 Å². The normalized spacial score (nSPS) is 19.0. The Hall–Kier alpha value is -2.54. The van der Waals surface area contributed by atoms with Gasteiger partial charge in [0.15, 0.2) is 0 Å². The number of nitrogens with one attached hydrogen (secondary N) is 2. The number of aromatic nitrogens is 1. The number of rotatable bonds is 4. The lowest BCUT2D eigenvalue weighted by Crippen LogP contribution is -2.35. The summed E-state index contributed by atoms with van der Waals surface area (Å²) in [5.41, 5.74) is 1.34. The number of ether oxygens (including phenoxy) is 1. The number of benzene rings is 1. The number of anilines is 1. The second-order valence-electron chi connectivity index (χ2n) is 5.75. The molecule has 1 aromatic carbocycles. The quantitative estimate of drug-likeness (QED) is 0.902. The first-order valence-electron chi connectivity index (χ1n) is 7.54. The molecule has 1 saturated heterocycles. The zero-order valence-electron chi connectivity index (χ0n) is 13.1.